The molecule has 2 aliphatic rings. The third-order valence-corrected chi connectivity index (χ3v) is 5.34. The zero-order valence-electron chi connectivity index (χ0n) is 15.3. The van der Waals surface area contributed by atoms with E-state index in [9.17, 15) is 9.59 Å². The number of ketones is 1. The summed E-state index contributed by atoms with van der Waals surface area (Å²) in [5.41, 5.74) is 0.914. The van der Waals surface area contributed by atoms with Gasteiger partial charge in [0.25, 0.3) is 5.91 Å². The van der Waals surface area contributed by atoms with E-state index < -0.39 is 5.41 Å². The van der Waals surface area contributed by atoms with Gasteiger partial charge >= 0.3 is 0 Å². The van der Waals surface area contributed by atoms with Gasteiger partial charge in [-0.05, 0) is 38.7 Å². The Balaban J connectivity index is 0.00000100. The number of aromatic nitrogens is 1. The minimum atomic E-state index is -0.529. The Morgan fingerprint density at radius 3 is 2.58 bits per heavy atom. The number of hydrazone groups is 1. The lowest BCUT2D eigenvalue weighted by molar-refractivity contribution is -0.137. The lowest BCUT2D eigenvalue weighted by Crippen LogP contribution is -2.44. The molecule has 0 radical (unpaired) electrons. The molecule has 1 N–H and O–H groups in total. The summed E-state index contributed by atoms with van der Waals surface area (Å²) in [7, 11) is 0. The number of Topliss-reactive ketones (excluding diaryl/α,β-unsaturated/α-hetero) is 1. The molecule has 1 aromatic heterocycles. The highest BCUT2D eigenvalue weighted by Crippen LogP contribution is 2.43. The quantitative estimate of drug-likeness (QED) is 0.847. The van der Waals surface area contributed by atoms with Gasteiger partial charge in [0, 0.05) is 18.0 Å². The van der Waals surface area contributed by atoms with Crippen LogP contribution in [-0.2, 0) is 4.79 Å². The number of nitrogens with one attached hydrogen (secondary N) is 1. The molecule has 3 rings (SSSR count). The Kier molecular flexibility index (Phi) is 5.97. The van der Waals surface area contributed by atoms with Crippen LogP contribution < -0.4 is 0 Å². The van der Waals surface area contributed by atoms with Crippen LogP contribution in [0, 0.1) is 11.3 Å². The third-order valence-electron chi connectivity index (χ3n) is 5.34. The summed E-state index contributed by atoms with van der Waals surface area (Å²) < 4.78 is 0. The first-order chi connectivity index (χ1) is 11.5. The number of nitrogens with zero attached hydrogens (tertiary/aromatic N) is 2. The summed E-state index contributed by atoms with van der Waals surface area (Å²) in [6.45, 7) is 7.95. The molecule has 24 heavy (non-hydrogen) atoms. The van der Waals surface area contributed by atoms with E-state index in [1.165, 1.54) is 24.3 Å². The van der Waals surface area contributed by atoms with Crippen molar-refractivity contribution in [2.45, 2.75) is 59.8 Å². The van der Waals surface area contributed by atoms with Crippen molar-refractivity contribution in [3.63, 3.8) is 0 Å². The Labute approximate surface area is 144 Å². The first-order valence-electron chi connectivity index (χ1n) is 9.07. The molecule has 1 aromatic rings. The molecular weight excluding hydrogens is 302 g/mol. The molecular formula is C19H29N3O2. The number of aromatic amines is 1. The molecule has 1 fully saturated rings. The number of amides is 1. The number of carbonyl (C=O) groups excluding carboxylic acids is 2. The molecule has 5 nitrogen and oxygen atoms in total. The summed E-state index contributed by atoms with van der Waals surface area (Å²) in [5.74, 6) is 0.254. The molecule has 0 spiro atoms. The standard InChI is InChI=1S/C17H23N3O2.C2H6/c1-12-17(2,14-6-4-3-5-7-14)16(22)20(19-12)11-15(21)13-8-9-18-10-13;1-2/h8-10,14,18H,3-7,11H2,1-2H3;1-2H3. The number of H-pyrrole nitrogens is 1. The van der Waals surface area contributed by atoms with E-state index in [1.807, 2.05) is 27.7 Å². The Hall–Kier alpha value is -1.91. The van der Waals surface area contributed by atoms with Crippen molar-refractivity contribution in [2.24, 2.45) is 16.4 Å². The van der Waals surface area contributed by atoms with E-state index in [1.54, 1.807) is 18.5 Å². The van der Waals surface area contributed by atoms with Gasteiger partial charge in [0.15, 0.2) is 5.78 Å². The van der Waals surface area contributed by atoms with Gasteiger partial charge in [0.2, 0.25) is 0 Å². The van der Waals surface area contributed by atoms with E-state index >= 15 is 0 Å². The molecule has 132 valence electrons. The second kappa shape index (κ2) is 7.77. The van der Waals surface area contributed by atoms with E-state index in [0.717, 1.165) is 18.6 Å². The van der Waals surface area contributed by atoms with Crippen LogP contribution in [0.5, 0.6) is 0 Å². The summed E-state index contributed by atoms with van der Waals surface area (Å²) in [6.07, 6.45) is 9.14. The summed E-state index contributed by atoms with van der Waals surface area (Å²) >= 11 is 0. The average molecular weight is 331 g/mol. The van der Waals surface area contributed by atoms with Crippen molar-refractivity contribution in [2.75, 3.05) is 6.54 Å². The fraction of sp³-hybridized carbons (Fsp3) is 0.632. The van der Waals surface area contributed by atoms with Crippen LogP contribution >= 0.6 is 0 Å². The average Bonchev–Trinajstić information content (AvgIpc) is 3.22. The van der Waals surface area contributed by atoms with Gasteiger partial charge in [0.05, 0.1) is 11.1 Å². The van der Waals surface area contributed by atoms with Crippen molar-refractivity contribution in [3.8, 4) is 0 Å². The van der Waals surface area contributed by atoms with Gasteiger partial charge in [0.1, 0.15) is 6.54 Å². The normalized spacial score (nSPS) is 24.4. The monoisotopic (exact) mass is 331 g/mol. The Bertz CT molecular complexity index is 600. The maximum Gasteiger partial charge on any atom is 0.255 e. The predicted octanol–water partition coefficient (Wildman–Crippen LogP) is 4.03. The van der Waals surface area contributed by atoms with Crippen molar-refractivity contribution in [1.82, 2.24) is 9.99 Å². The second-order valence-corrected chi connectivity index (χ2v) is 6.61. The molecule has 0 bridgehead atoms. The molecule has 5 heteroatoms. The van der Waals surface area contributed by atoms with Crippen LogP contribution in [0.15, 0.2) is 23.6 Å². The van der Waals surface area contributed by atoms with Crippen molar-refractivity contribution < 1.29 is 9.59 Å². The summed E-state index contributed by atoms with van der Waals surface area (Å²) in [5, 5.41) is 5.79. The Morgan fingerprint density at radius 1 is 1.33 bits per heavy atom. The summed E-state index contributed by atoms with van der Waals surface area (Å²) in [4.78, 5) is 28.0. The van der Waals surface area contributed by atoms with Gasteiger partial charge in [-0.1, -0.05) is 33.1 Å². The van der Waals surface area contributed by atoms with E-state index in [2.05, 4.69) is 10.1 Å². The maximum absolute atomic E-state index is 12.9. The zero-order chi connectivity index (χ0) is 17.7. The highest BCUT2D eigenvalue weighted by Gasteiger charge is 2.50. The van der Waals surface area contributed by atoms with Gasteiger partial charge in [-0.15, -0.1) is 0 Å². The molecule has 1 aliphatic carbocycles. The maximum atomic E-state index is 12.9. The zero-order valence-corrected chi connectivity index (χ0v) is 15.3. The van der Waals surface area contributed by atoms with Gasteiger partial charge in [-0.25, -0.2) is 5.01 Å². The lowest BCUT2D eigenvalue weighted by Gasteiger charge is -2.35. The first kappa shape index (κ1) is 18.4. The number of rotatable bonds is 4. The second-order valence-electron chi connectivity index (χ2n) is 6.61. The molecule has 1 amide bonds. The van der Waals surface area contributed by atoms with E-state index in [0.29, 0.717) is 11.5 Å². The lowest BCUT2D eigenvalue weighted by atomic mass is 9.67. The highest BCUT2D eigenvalue weighted by atomic mass is 16.2. The van der Waals surface area contributed by atoms with Crippen LogP contribution in [0.1, 0.15) is 70.2 Å². The van der Waals surface area contributed by atoms with Gasteiger partial charge < -0.3 is 4.98 Å². The van der Waals surface area contributed by atoms with Crippen LogP contribution in [0.25, 0.3) is 0 Å². The van der Waals surface area contributed by atoms with Gasteiger partial charge in [-0.2, -0.15) is 5.10 Å². The molecule has 0 aromatic carbocycles. The minimum absolute atomic E-state index is 0.0132. The van der Waals surface area contributed by atoms with Crippen molar-refractivity contribution in [3.05, 3.63) is 24.0 Å². The van der Waals surface area contributed by atoms with E-state index in [4.69, 9.17) is 0 Å². The first-order valence-corrected chi connectivity index (χ1v) is 9.07. The smallest absolute Gasteiger partial charge is 0.255 e. The summed E-state index contributed by atoms with van der Waals surface area (Å²) in [6, 6.07) is 1.72. The fourth-order valence-corrected chi connectivity index (χ4v) is 3.73. The van der Waals surface area contributed by atoms with Crippen LogP contribution in [0.4, 0.5) is 0 Å². The van der Waals surface area contributed by atoms with Gasteiger partial charge in [-0.3, -0.25) is 9.59 Å². The fourth-order valence-electron chi connectivity index (χ4n) is 3.73. The topological polar surface area (TPSA) is 65.5 Å². The molecule has 1 unspecified atom stereocenters. The molecule has 1 atom stereocenters. The molecule has 0 saturated heterocycles. The molecule has 1 aliphatic heterocycles. The third kappa shape index (κ3) is 3.30. The Morgan fingerprint density at radius 2 is 2.00 bits per heavy atom. The number of hydrogen-bond acceptors (Lipinski definition) is 3. The molecule has 1 saturated carbocycles. The predicted molar refractivity (Wildman–Crippen MR) is 96.0 cm³/mol. The highest BCUT2D eigenvalue weighted by molar-refractivity contribution is 6.12. The largest absolute Gasteiger partial charge is 0.367 e. The van der Waals surface area contributed by atoms with E-state index in [-0.39, 0.29) is 18.2 Å². The molecule has 2 heterocycles. The van der Waals surface area contributed by atoms with Crippen LogP contribution in [0.3, 0.4) is 0 Å². The van der Waals surface area contributed by atoms with Crippen LogP contribution in [0.2, 0.25) is 0 Å². The minimum Gasteiger partial charge on any atom is -0.367 e. The van der Waals surface area contributed by atoms with Crippen LogP contribution in [-0.4, -0.2) is 33.9 Å². The SMILES string of the molecule is CC.CC1=NN(CC(=O)c2cc[nH]c2)C(=O)C1(C)C1CCCCC1. The van der Waals surface area contributed by atoms with Crippen molar-refractivity contribution in [1.29, 1.82) is 0 Å². The number of hydrogen-bond donors (Lipinski definition) is 1. The van der Waals surface area contributed by atoms with Crippen molar-refractivity contribution >= 4 is 17.4 Å². The number of carbonyl (C=O) groups is 2.